The molecule has 0 saturated carbocycles. The zero-order valence-electron chi connectivity index (χ0n) is 8.60. The van der Waals surface area contributed by atoms with E-state index in [9.17, 15) is 0 Å². The summed E-state index contributed by atoms with van der Waals surface area (Å²) in [4.78, 5) is 0. The van der Waals surface area contributed by atoms with Crippen LogP contribution in [0.3, 0.4) is 0 Å². The lowest BCUT2D eigenvalue weighted by molar-refractivity contribution is -0.176. The fraction of sp³-hybridized carbons (Fsp3) is 1.00. The van der Waals surface area contributed by atoms with Gasteiger partial charge in [-0.05, 0) is 6.92 Å². The van der Waals surface area contributed by atoms with Gasteiger partial charge in [0.15, 0.2) is 0 Å². The van der Waals surface area contributed by atoms with E-state index >= 15 is 0 Å². The Balaban J connectivity index is 2.25. The molecule has 2 heterocycles. The molecule has 2 aliphatic rings. The summed E-state index contributed by atoms with van der Waals surface area (Å²) in [7, 11) is 3.31. The van der Waals surface area contributed by atoms with E-state index in [1.54, 1.807) is 14.2 Å². The van der Waals surface area contributed by atoms with Crippen LogP contribution in [-0.2, 0) is 18.9 Å². The highest BCUT2D eigenvalue weighted by Crippen LogP contribution is 2.46. The molecule has 0 amide bonds. The van der Waals surface area contributed by atoms with Crippen molar-refractivity contribution in [2.75, 3.05) is 20.8 Å². The van der Waals surface area contributed by atoms with E-state index in [-0.39, 0.29) is 23.7 Å². The van der Waals surface area contributed by atoms with Crippen LogP contribution in [0.25, 0.3) is 0 Å². The smallest absolute Gasteiger partial charge is 0.147 e. The molecular weight excluding hydrogens is 204 g/mol. The summed E-state index contributed by atoms with van der Waals surface area (Å²) >= 11 is 4.32. The quantitative estimate of drug-likeness (QED) is 0.701. The molecular formula is C9H16O4S. The van der Waals surface area contributed by atoms with Crippen molar-refractivity contribution in [3.8, 4) is 0 Å². The number of hydrogen-bond donors (Lipinski definition) is 1. The van der Waals surface area contributed by atoms with Crippen LogP contribution in [-0.4, -0.2) is 50.2 Å². The van der Waals surface area contributed by atoms with Crippen LogP contribution >= 0.6 is 12.6 Å². The van der Waals surface area contributed by atoms with Crippen molar-refractivity contribution >= 4 is 12.6 Å². The van der Waals surface area contributed by atoms with Crippen LogP contribution in [0, 0.1) is 0 Å². The van der Waals surface area contributed by atoms with Gasteiger partial charge in [0.25, 0.3) is 0 Å². The van der Waals surface area contributed by atoms with E-state index in [4.69, 9.17) is 18.9 Å². The predicted molar refractivity (Wildman–Crippen MR) is 53.6 cm³/mol. The van der Waals surface area contributed by atoms with Gasteiger partial charge in [0.05, 0.1) is 12.7 Å². The van der Waals surface area contributed by atoms with Gasteiger partial charge in [-0.15, -0.1) is 12.6 Å². The lowest BCUT2D eigenvalue weighted by Crippen LogP contribution is -2.50. The summed E-state index contributed by atoms with van der Waals surface area (Å²) < 4.78 is 22.1. The van der Waals surface area contributed by atoms with Gasteiger partial charge in [0.1, 0.15) is 23.2 Å². The third-order valence-electron chi connectivity index (χ3n) is 3.07. The fourth-order valence-electron chi connectivity index (χ4n) is 2.40. The molecule has 0 aromatic heterocycles. The molecule has 2 bridgehead atoms. The fourth-order valence-corrected chi connectivity index (χ4v) is 2.82. The Morgan fingerprint density at radius 3 is 2.71 bits per heavy atom. The van der Waals surface area contributed by atoms with Gasteiger partial charge in [0, 0.05) is 14.2 Å². The molecule has 0 aromatic rings. The van der Waals surface area contributed by atoms with Crippen molar-refractivity contribution < 1.29 is 18.9 Å². The van der Waals surface area contributed by atoms with Crippen molar-refractivity contribution in [3.05, 3.63) is 0 Å². The van der Waals surface area contributed by atoms with Crippen LogP contribution in [0.2, 0.25) is 0 Å². The zero-order valence-corrected chi connectivity index (χ0v) is 9.49. The minimum absolute atomic E-state index is 0.0131. The molecule has 82 valence electrons. The molecule has 0 radical (unpaired) electrons. The van der Waals surface area contributed by atoms with Crippen molar-refractivity contribution in [2.24, 2.45) is 0 Å². The molecule has 5 atom stereocenters. The zero-order chi connectivity index (χ0) is 10.3. The number of hydrogen-bond acceptors (Lipinski definition) is 5. The van der Waals surface area contributed by atoms with E-state index in [0.717, 1.165) is 0 Å². The topological polar surface area (TPSA) is 36.9 Å². The van der Waals surface area contributed by atoms with Crippen molar-refractivity contribution in [2.45, 2.75) is 36.3 Å². The Bertz CT molecular complexity index is 225. The molecule has 0 N–H and O–H groups in total. The maximum absolute atomic E-state index is 5.79. The van der Waals surface area contributed by atoms with Crippen molar-refractivity contribution in [1.29, 1.82) is 0 Å². The average Bonchev–Trinajstić information content (AvgIpc) is 2.54. The van der Waals surface area contributed by atoms with Crippen LogP contribution in [0.5, 0.6) is 0 Å². The molecule has 3 unspecified atom stereocenters. The van der Waals surface area contributed by atoms with E-state index in [2.05, 4.69) is 12.6 Å². The molecule has 0 aliphatic carbocycles. The first-order valence-electron chi connectivity index (χ1n) is 4.69. The minimum Gasteiger partial charge on any atom is -0.381 e. The van der Waals surface area contributed by atoms with Crippen LogP contribution in [0.1, 0.15) is 6.92 Å². The maximum Gasteiger partial charge on any atom is 0.147 e. The summed E-state index contributed by atoms with van der Waals surface area (Å²) in [5.41, 5.74) is -0.702. The molecule has 2 fully saturated rings. The molecule has 0 aromatic carbocycles. The Morgan fingerprint density at radius 1 is 1.43 bits per heavy atom. The second-order valence-electron chi connectivity index (χ2n) is 3.80. The number of ether oxygens (including phenoxy) is 4. The standard InChI is InChI=1S/C9H16O4S/c1-5-9(4-10-2)7(11-3)6(12-5)8(14)13-9/h5-8,14H,4H2,1-3H3/t5?,6?,7?,8-,9-/m0/s1. The first kappa shape index (κ1) is 10.7. The monoisotopic (exact) mass is 220 g/mol. The molecule has 14 heavy (non-hydrogen) atoms. The maximum atomic E-state index is 5.79. The number of thiol groups is 1. The normalized spacial score (nSPS) is 51.4. The lowest BCUT2D eigenvalue weighted by atomic mass is 9.94. The van der Waals surface area contributed by atoms with Gasteiger partial charge < -0.3 is 18.9 Å². The highest BCUT2D eigenvalue weighted by molar-refractivity contribution is 7.80. The Labute approximate surface area is 89.3 Å². The highest BCUT2D eigenvalue weighted by Gasteiger charge is 2.65. The van der Waals surface area contributed by atoms with Gasteiger partial charge in [0.2, 0.25) is 0 Å². The van der Waals surface area contributed by atoms with E-state index in [1.807, 2.05) is 6.92 Å². The van der Waals surface area contributed by atoms with Crippen molar-refractivity contribution in [3.63, 3.8) is 0 Å². The first-order chi connectivity index (χ1) is 6.65. The van der Waals surface area contributed by atoms with E-state index in [0.29, 0.717) is 6.61 Å². The number of rotatable bonds is 3. The lowest BCUT2D eigenvalue weighted by Gasteiger charge is -2.34. The highest BCUT2D eigenvalue weighted by atomic mass is 32.1. The average molecular weight is 220 g/mol. The summed E-state index contributed by atoms with van der Waals surface area (Å²) in [6.45, 7) is 2.45. The van der Waals surface area contributed by atoms with Crippen LogP contribution in [0.15, 0.2) is 0 Å². The molecule has 2 aliphatic heterocycles. The largest absolute Gasteiger partial charge is 0.381 e. The summed E-state index contributed by atoms with van der Waals surface area (Å²) in [5, 5.41) is 0. The van der Waals surface area contributed by atoms with Gasteiger partial charge in [-0.25, -0.2) is 0 Å². The van der Waals surface area contributed by atoms with Crippen molar-refractivity contribution in [1.82, 2.24) is 0 Å². The van der Waals surface area contributed by atoms with Gasteiger partial charge in [-0.1, -0.05) is 0 Å². The summed E-state index contributed by atoms with van der Waals surface area (Å²) in [6, 6.07) is 0. The van der Waals surface area contributed by atoms with Crippen LogP contribution < -0.4 is 0 Å². The summed E-state index contributed by atoms with van der Waals surface area (Å²) in [6.07, 6.45) is -0.186. The Morgan fingerprint density at radius 2 is 2.14 bits per heavy atom. The summed E-state index contributed by atoms with van der Waals surface area (Å²) in [5.74, 6) is 0. The Hall–Kier alpha value is 0.190. The van der Waals surface area contributed by atoms with Gasteiger partial charge in [-0.2, -0.15) is 0 Å². The second-order valence-corrected chi connectivity index (χ2v) is 4.30. The minimum atomic E-state index is -0.486. The SMILES string of the molecule is COC[C@]12O[C@@H](S)C(OC1C)C2OC. The van der Waals surface area contributed by atoms with E-state index < -0.39 is 5.60 Å². The number of fused-ring (bicyclic) bond motifs is 2. The second kappa shape index (κ2) is 3.64. The molecule has 2 rings (SSSR count). The molecule has 0 spiro atoms. The molecule has 5 heteroatoms. The third-order valence-corrected chi connectivity index (χ3v) is 3.47. The number of methoxy groups -OCH3 is 2. The van der Waals surface area contributed by atoms with Crippen LogP contribution in [0.4, 0.5) is 0 Å². The third kappa shape index (κ3) is 1.23. The molecule has 2 saturated heterocycles. The molecule has 4 nitrogen and oxygen atoms in total. The van der Waals surface area contributed by atoms with E-state index in [1.165, 1.54) is 0 Å². The van der Waals surface area contributed by atoms with Gasteiger partial charge >= 0.3 is 0 Å². The first-order valence-corrected chi connectivity index (χ1v) is 5.20. The predicted octanol–water partition coefficient (Wildman–Crippen LogP) is 0.460. The van der Waals surface area contributed by atoms with Gasteiger partial charge in [-0.3, -0.25) is 0 Å². The Kier molecular flexibility index (Phi) is 2.79.